The summed E-state index contributed by atoms with van der Waals surface area (Å²) in [5.74, 6) is 1.08. The van der Waals surface area contributed by atoms with Crippen molar-refractivity contribution in [3.63, 3.8) is 0 Å². The van der Waals surface area contributed by atoms with Crippen LogP contribution >= 0.6 is 0 Å². The Bertz CT molecular complexity index is 644. The van der Waals surface area contributed by atoms with E-state index in [1.165, 1.54) is 0 Å². The highest BCUT2D eigenvalue weighted by atomic mass is 16.5. The Kier molecular flexibility index (Phi) is 4.97. The molecule has 0 aliphatic carbocycles. The van der Waals surface area contributed by atoms with Gasteiger partial charge in [0.15, 0.2) is 0 Å². The van der Waals surface area contributed by atoms with Crippen molar-refractivity contribution < 1.29 is 14.1 Å². The number of pyridine rings is 1. The average Bonchev–Trinajstić information content (AvgIpc) is 3.09. The first-order valence-electron chi connectivity index (χ1n) is 7.88. The van der Waals surface area contributed by atoms with Crippen molar-refractivity contribution in [3.05, 3.63) is 30.4 Å². The van der Waals surface area contributed by atoms with Gasteiger partial charge in [0, 0.05) is 37.3 Å². The molecule has 7 nitrogen and oxygen atoms in total. The van der Waals surface area contributed by atoms with Crippen molar-refractivity contribution in [1.82, 2.24) is 20.0 Å². The van der Waals surface area contributed by atoms with Crippen molar-refractivity contribution in [3.8, 4) is 11.4 Å². The summed E-state index contributed by atoms with van der Waals surface area (Å²) >= 11 is 0. The maximum Gasteiger partial charge on any atom is 0.227 e. The number of ether oxygens (including phenoxy) is 1. The highest BCUT2D eigenvalue weighted by Gasteiger charge is 2.25. The molecule has 0 saturated carbocycles. The minimum absolute atomic E-state index is 0.112. The first kappa shape index (κ1) is 15.6. The molecule has 122 valence electrons. The van der Waals surface area contributed by atoms with Crippen molar-refractivity contribution >= 4 is 5.91 Å². The molecule has 0 unspecified atom stereocenters. The summed E-state index contributed by atoms with van der Waals surface area (Å²) in [6.07, 6.45) is 5.08. The lowest BCUT2D eigenvalue weighted by molar-refractivity contribution is -0.140. The first-order chi connectivity index (χ1) is 11.3. The molecule has 23 heavy (non-hydrogen) atoms. The molecule has 0 N–H and O–H groups in total. The fourth-order valence-electron chi connectivity index (χ4n) is 2.65. The SMILES string of the molecule is CC[C@H]1COCCN1C(=O)CCc1nc(-c2cccnc2)no1. The molecule has 7 heteroatoms. The summed E-state index contributed by atoms with van der Waals surface area (Å²) in [5.41, 5.74) is 0.799. The fraction of sp³-hybridized carbons (Fsp3) is 0.500. The van der Waals surface area contributed by atoms with Crippen LogP contribution in [0.3, 0.4) is 0 Å². The first-order valence-corrected chi connectivity index (χ1v) is 7.88. The van der Waals surface area contributed by atoms with Crippen molar-refractivity contribution in [1.29, 1.82) is 0 Å². The van der Waals surface area contributed by atoms with Crippen LogP contribution < -0.4 is 0 Å². The lowest BCUT2D eigenvalue weighted by Gasteiger charge is -2.35. The Labute approximate surface area is 134 Å². The summed E-state index contributed by atoms with van der Waals surface area (Å²) in [7, 11) is 0. The van der Waals surface area contributed by atoms with Gasteiger partial charge in [0.25, 0.3) is 0 Å². The van der Waals surface area contributed by atoms with Crippen molar-refractivity contribution in [2.24, 2.45) is 0 Å². The van der Waals surface area contributed by atoms with Crippen molar-refractivity contribution in [2.45, 2.75) is 32.2 Å². The molecule has 0 spiro atoms. The standard InChI is InChI=1S/C16H20N4O3/c1-2-13-11-22-9-8-20(13)15(21)6-5-14-18-16(19-23-14)12-4-3-7-17-10-12/h3-4,7,10,13H,2,5-6,8-9,11H2,1H3/t13-/m0/s1. The van der Waals surface area contributed by atoms with E-state index in [0.717, 1.165) is 12.0 Å². The Morgan fingerprint density at radius 3 is 3.17 bits per heavy atom. The topological polar surface area (TPSA) is 81.4 Å². The van der Waals surface area contributed by atoms with Crippen LogP contribution in [0.25, 0.3) is 11.4 Å². The number of carbonyl (C=O) groups is 1. The number of aryl methyl sites for hydroxylation is 1. The van der Waals surface area contributed by atoms with Gasteiger partial charge in [-0.1, -0.05) is 12.1 Å². The van der Waals surface area contributed by atoms with Crippen LogP contribution in [0.15, 0.2) is 29.0 Å². The smallest absolute Gasteiger partial charge is 0.227 e. The molecule has 1 fully saturated rings. The summed E-state index contributed by atoms with van der Waals surface area (Å²) in [6.45, 7) is 3.95. The van der Waals surface area contributed by atoms with E-state index in [-0.39, 0.29) is 11.9 Å². The Morgan fingerprint density at radius 1 is 1.48 bits per heavy atom. The number of morpholine rings is 1. The monoisotopic (exact) mass is 316 g/mol. The fourth-order valence-corrected chi connectivity index (χ4v) is 2.65. The molecule has 3 rings (SSSR count). The molecule has 0 aromatic carbocycles. The van der Waals surface area contributed by atoms with E-state index in [2.05, 4.69) is 22.0 Å². The van der Waals surface area contributed by atoms with E-state index in [1.807, 2.05) is 17.0 Å². The highest BCUT2D eigenvalue weighted by molar-refractivity contribution is 5.76. The minimum Gasteiger partial charge on any atom is -0.377 e. The van der Waals surface area contributed by atoms with E-state index in [0.29, 0.717) is 44.3 Å². The predicted molar refractivity (Wildman–Crippen MR) is 82.5 cm³/mol. The molecule has 1 aliphatic rings. The van der Waals surface area contributed by atoms with Crippen LogP contribution in [-0.4, -0.2) is 51.7 Å². The van der Waals surface area contributed by atoms with Crippen LogP contribution in [0, 0.1) is 0 Å². The van der Waals surface area contributed by atoms with E-state index < -0.39 is 0 Å². The van der Waals surface area contributed by atoms with E-state index in [1.54, 1.807) is 12.4 Å². The molecular formula is C16H20N4O3. The van der Waals surface area contributed by atoms with E-state index in [9.17, 15) is 4.79 Å². The second-order valence-electron chi connectivity index (χ2n) is 5.48. The van der Waals surface area contributed by atoms with Crippen molar-refractivity contribution in [2.75, 3.05) is 19.8 Å². The van der Waals surface area contributed by atoms with Gasteiger partial charge in [-0.05, 0) is 18.6 Å². The number of hydrogen-bond donors (Lipinski definition) is 0. The zero-order valence-corrected chi connectivity index (χ0v) is 13.1. The zero-order chi connectivity index (χ0) is 16.1. The van der Waals surface area contributed by atoms with E-state index in [4.69, 9.17) is 9.26 Å². The molecule has 2 aromatic rings. The van der Waals surface area contributed by atoms with Gasteiger partial charge in [-0.2, -0.15) is 4.98 Å². The largest absolute Gasteiger partial charge is 0.377 e. The van der Waals surface area contributed by atoms with Gasteiger partial charge in [0.2, 0.25) is 17.6 Å². The number of carbonyl (C=O) groups excluding carboxylic acids is 1. The number of aromatic nitrogens is 3. The molecule has 0 radical (unpaired) electrons. The van der Waals surface area contributed by atoms with Gasteiger partial charge in [-0.25, -0.2) is 0 Å². The summed E-state index contributed by atoms with van der Waals surface area (Å²) < 4.78 is 10.7. The maximum atomic E-state index is 12.4. The molecule has 1 amide bonds. The lowest BCUT2D eigenvalue weighted by Crippen LogP contribution is -2.48. The molecule has 2 aromatic heterocycles. The minimum atomic E-state index is 0.112. The number of amides is 1. The Morgan fingerprint density at radius 2 is 2.39 bits per heavy atom. The second-order valence-corrected chi connectivity index (χ2v) is 5.48. The molecule has 0 bridgehead atoms. The molecule has 1 aliphatic heterocycles. The summed E-state index contributed by atoms with van der Waals surface area (Å²) in [4.78, 5) is 22.6. The predicted octanol–water partition coefficient (Wildman–Crippen LogP) is 1.70. The third kappa shape index (κ3) is 3.73. The summed E-state index contributed by atoms with van der Waals surface area (Å²) in [6, 6.07) is 3.86. The van der Waals surface area contributed by atoms with Gasteiger partial charge in [0.05, 0.1) is 19.3 Å². The van der Waals surface area contributed by atoms with Crippen LogP contribution in [0.5, 0.6) is 0 Å². The van der Waals surface area contributed by atoms with Crippen LogP contribution in [0.4, 0.5) is 0 Å². The van der Waals surface area contributed by atoms with Crippen LogP contribution in [-0.2, 0) is 16.0 Å². The third-order valence-corrected chi connectivity index (χ3v) is 3.96. The van der Waals surface area contributed by atoms with Crippen LogP contribution in [0.2, 0.25) is 0 Å². The third-order valence-electron chi connectivity index (χ3n) is 3.96. The van der Waals surface area contributed by atoms with Gasteiger partial charge in [-0.15, -0.1) is 0 Å². The van der Waals surface area contributed by atoms with Gasteiger partial charge >= 0.3 is 0 Å². The maximum absolute atomic E-state index is 12.4. The van der Waals surface area contributed by atoms with E-state index >= 15 is 0 Å². The number of nitrogens with zero attached hydrogens (tertiary/aromatic N) is 4. The average molecular weight is 316 g/mol. The van der Waals surface area contributed by atoms with Crippen LogP contribution in [0.1, 0.15) is 25.7 Å². The van der Waals surface area contributed by atoms with Gasteiger partial charge < -0.3 is 14.2 Å². The summed E-state index contributed by atoms with van der Waals surface area (Å²) in [5, 5.41) is 3.94. The quantitative estimate of drug-likeness (QED) is 0.835. The molecular weight excluding hydrogens is 296 g/mol. The lowest BCUT2D eigenvalue weighted by atomic mass is 10.1. The molecule has 1 atom stereocenters. The molecule has 3 heterocycles. The zero-order valence-electron chi connectivity index (χ0n) is 13.1. The Balaban J connectivity index is 1.58. The number of rotatable bonds is 5. The normalized spacial score (nSPS) is 18.1. The van der Waals surface area contributed by atoms with Gasteiger partial charge in [-0.3, -0.25) is 9.78 Å². The van der Waals surface area contributed by atoms with Gasteiger partial charge in [0.1, 0.15) is 0 Å². The Hall–Kier alpha value is -2.28. The molecule has 1 saturated heterocycles. The number of hydrogen-bond acceptors (Lipinski definition) is 6. The highest BCUT2D eigenvalue weighted by Crippen LogP contribution is 2.16. The second kappa shape index (κ2) is 7.32.